The third-order valence-corrected chi connectivity index (χ3v) is 4.18. The number of ether oxygens (including phenoxy) is 2. The van der Waals surface area contributed by atoms with Gasteiger partial charge >= 0.3 is 17.9 Å². The maximum atomic E-state index is 11.2. The number of hydrogen-bond acceptors (Lipinski definition) is 7. The smallest absolute Gasteiger partial charge is 0.346 e. The van der Waals surface area contributed by atoms with Crippen LogP contribution in [0.3, 0.4) is 0 Å². The van der Waals surface area contributed by atoms with E-state index in [2.05, 4.69) is 11.7 Å². The van der Waals surface area contributed by atoms with Crippen LogP contribution in [0, 0.1) is 0 Å². The molecule has 1 heterocycles. The summed E-state index contributed by atoms with van der Waals surface area (Å²) in [6.07, 6.45) is 7.60. The standard InChI is InChI=1S/C13H26O4.C8H4O3/c1-2-3-4-5-6-7-8-9-13(16)17-11-12(15)10-14;9-7-5-3-1-2-4-6(5)8(10)11-7/h12,14-15H,2-11H2,1H3;1-4H. The Morgan fingerprint density at radius 1 is 1.00 bits per heavy atom. The molecule has 156 valence electrons. The van der Waals surface area contributed by atoms with Gasteiger partial charge in [-0.05, 0) is 18.6 Å². The number of carbonyl (C=O) groups excluding carboxylic acids is 3. The molecular formula is C21H30O7. The second-order valence-corrected chi connectivity index (χ2v) is 6.61. The Balaban J connectivity index is 0.000000302. The van der Waals surface area contributed by atoms with Gasteiger partial charge in [-0.2, -0.15) is 0 Å². The molecule has 1 unspecified atom stereocenters. The predicted octanol–water partition coefficient (Wildman–Crippen LogP) is 3.02. The number of aliphatic hydroxyl groups excluding tert-OH is 2. The van der Waals surface area contributed by atoms with Gasteiger partial charge in [0.25, 0.3) is 0 Å². The van der Waals surface area contributed by atoms with Gasteiger partial charge in [0.15, 0.2) is 0 Å². The molecule has 1 aliphatic heterocycles. The van der Waals surface area contributed by atoms with Gasteiger partial charge in [-0.3, -0.25) is 4.79 Å². The molecule has 1 aliphatic rings. The lowest BCUT2D eigenvalue weighted by Crippen LogP contribution is -2.21. The summed E-state index contributed by atoms with van der Waals surface area (Å²) in [4.78, 5) is 32.8. The van der Waals surface area contributed by atoms with Crippen molar-refractivity contribution in [1.82, 2.24) is 0 Å². The lowest BCUT2D eigenvalue weighted by atomic mass is 10.1. The van der Waals surface area contributed by atoms with Gasteiger partial charge in [0.2, 0.25) is 0 Å². The maximum absolute atomic E-state index is 11.2. The van der Waals surface area contributed by atoms with Crippen LogP contribution < -0.4 is 0 Å². The van der Waals surface area contributed by atoms with Gasteiger partial charge in [-0.25, -0.2) is 9.59 Å². The quantitative estimate of drug-likeness (QED) is 0.337. The highest BCUT2D eigenvalue weighted by Gasteiger charge is 2.28. The van der Waals surface area contributed by atoms with Crippen molar-refractivity contribution in [1.29, 1.82) is 0 Å². The van der Waals surface area contributed by atoms with Crippen LogP contribution in [-0.2, 0) is 14.3 Å². The predicted molar refractivity (Wildman–Crippen MR) is 103 cm³/mol. The van der Waals surface area contributed by atoms with Gasteiger partial charge in [0.1, 0.15) is 12.7 Å². The molecule has 1 aromatic rings. The van der Waals surface area contributed by atoms with Crippen molar-refractivity contribution in [2.75, 3.05) is 13.2 Å². The van der Waals surface area contributed by atoms with Crippen LogP contribution in [0.1, 0.15) is 79.0 Å². The van der Waals surface area contributed by atoms with E-state index < -0.39 is 18.0 Å². The first kappa shape index (κ1) is 23.8. The molecule has 0 radical (unpaired) electrons. The summed E-state index contributed by atoms with van der Waals surface area (Å²) in [7, 11) is 0. The van der Waals surface area contributed by atoms with Gasteiger partial charge < -0.3 is 19.7 Å². The van der Waals surface area contributed by atoms with Crippen molar-refractivity contribution in [3.63, 3.8) is 0 Å². The van der Waals surface area contributed by atoms with E-state index in [1.807, 2.05) is 0 Å². The summed E-state index contributed by atoms with van der Waals surface area (Å²) in [5.74, 6) is -1.39. The zero-order valence-corrected chi connectivity index (χ0v) is 16.4. The zero-order chi connectivity index (χ0) is 20.8. The minimum absolute atomic E-state index is 0.105. The molecule has 1 aromatic carbocycles. The molecule has 7 heteroatoms. The molecule has 7 nitrogen and oxygen atoms in total. The van der Waals surface area contributed by atoms with Crippen molar-refractivity contribution >= 4 is 17.9 Å². The fraction of sp³-hybridized carbons (Fsp3) is 0.571. The summed E-state index contributed by atoms with van der Waals surface area (Å²) in [5.41, 5.74) is 0.718. The zero-order valence-electron chi connectivity index (χ0n) is 16.4. The van der Waals surface area contributed by atoms with E-state index in [1.54, 1.807) is 24.3 Å². The first-order valence-electron chi connectivity index (χ1n) is 9.79. The van der Waals surface area contributed by atoms with Crippen LogP contribution in [0.2, 0.25) is 0 Å². The van der Waals surface area contributed by atoms with Gasteiger partial charge in [0, 0.05) is 6.42 Å². The van der Waals surface area contributed by atoms with Crippen LogP contribution >= 0.6 is 0 Å². The molecule has 0 aromatic heterocycles. The topological polar surface area (TPSA) is 110 Å². The lowest BCUT2D eigenvalue weighted by Gasteiger charge is -2.08. The highest BCUT2D eigenvalue weighted by atomic mass is 16.6. The third kappa shape index (κ3) is 9.10. The summed E-state index contributed by atoms with van der Waals surface area (Å²) in [6, 6.07) is 6.53. The third-order valence-electron chi connectivity index (χ3n) is 4.18. The van der Waals surface area contributed by atoms with Crippen molar-refractivity contribution < 1.29 is 34.1 Å². The summed E-state index contributed by atoms with van der Waals surface area (Å²) in [6.45, 7) is 1.72. The van der Waals surface area contributed by atoms with E-state index in [-0.39, 0.29) is 19.2 Å². The minimum atomic E-state index is -0.951. The molecule has 0 fully saturated rings. The average molecular weight is 394 g/mol. The summed E-state index contributed by atoms with van der Waals surface area (Å²) < 4.78 is 9.14. The van der Waals surface area contributed by atoms with E-state index in [4.69, 9.17) is 14.9 Å². The second-order valence-electron chi connectivity index (χ2n) is 6.61. The van der Waals surface area contributed by atoms with Crippen molar-refractivity contribution in [3.05, 3.63) is 35.4 Å². The number of aliphatic hydroxyl groups is 2. The lowest BCUT2D eigenvalue weighted by molar-refractivity contribution is -0.147. The Labute approximate surface area is 165 Å². The second kappa shape index (κ2) is 13.8. The van der Waals surface area contributed by atoms with Crippen LogP contribution in [0.5, 0.6) is 0 Å². The monoisotopic (exact) mass is 394 g/mol. The fourth-order valence-electron chi connectivity index (χ4n) is 2.57. The summed E-state index contributed by atoms with van der Waals surface area (Å²) >= 11 is 0. The first-order valence-corrected chi connectivity index (χ1v) is 9.79. The van der Waals surface area contributed by atoms with Gasteiger partial charge in [-0.15, -0.1) is 0 Å². The van der Waals surface area contributed by atoms with Crippen LogP contribution in [0.25, 0.3) is 0 Å². The molecule has 0 saturated carbocycles. The summed E-state index contributed by atoms with van der Waals surface area (Å²) in [5, 5.41) is 17.5. The number of hydrogen-bond donors (Lipinski definition) is 2. The SMILES string of the molecule is CCCCCCCCCC(=O)OCC(O)CO.O=C1OC(=O)c2ccccc21. The number of esters is 3. The molecule has 1 atom stereocenters. The van der Waals surface area contributed by atoms with E-state index in [0.717, 1.165) is 12.8 Å². The molecule has 0 amide bonds. The largest absolute Gasteiger partial charge is 0.463 e. The van der Waals surface area contributed by atoms with E-state index >= 15 is 0 Å². The molecule has 0 bridgehead atoms. The molecule has 2 N–H and O–H groups in total. The number of cyclic esters (lactones) is 2. The van der Waals surface area contributed by atoms with Gasteiger partial charge in [0.05, 0.1) is 17.7 Å². The van der Waals surface area contributed by atoms with E-state index in [9.17, 15) is 14.4 Å². The number of rotatable bonds is 11. The highest BCUT2D eigenvalue weighted by molar-refractivity contribution is 6.14. The normalized spacial score (nSPS) is 13.2. The van der Waals surface area contributed by atoms with E-state index in [0.29, 0.717) is 17.5 Å². The number of fused-ring (bicyclic) bond motifs is 1. The molecule has 0 spiro atoms. The Bertz CT molecular complexity index is 594. The Kier molecular flexibility index (Phi) is 11.8. The van der Waals surface area contributed by atoms with Crippen molar-refractivity contribution in [2.45, 2.75) is 64.4 Å². The molecule has 2 rings (SSSR count). The van der Waals surface area contributed by atoms with Crippen molar-refractivity contribution in [2.24, 2.45) is 0 Å². The number of unbranched alkanes of at least 4 members (excludes halogenated alkanes) is 6. The molecule has 0 saturated heterocycles. The fourth-order valence-corrected chi connectivity index (χ4v) is 2.57. The van der Waals surface area contributed by atoms with Crippen LogP contribution in [0.4, 0.5) is 0 Å². The Morgan fingerprint density at radius 2 is 1.54 bits per heavy atom. The molecule has 0 aliphatic carbocycles. The highest BCUT2D eigenvalue weighted by Crippen LogP contribution is 2.18. The van der Waals surface area contributed by atoms with Gasteiger partial charge in [-0.1, -0.05) is 57.6 Å². The minimum Gasteiger partial charge on any atom is -0.463 e. The molecule has 28 heavy (non-hydrogen) atoms. The molecular weight excluding hydrogens is 364 g/mol. The maximum Gasteiger partial charge on any atom is 0.346 e. The number of carbonyl (C=O) groups is 3. The van der Waals surface area contributed by atoms with E-state index in [1.165, 1.54) is 32.1 Å². The van der Waals surface area contributed by atoms with Crippen molar-refractivity contribution in [3.8, 4) is 0 Å². The van der Waals surface area contributed by atoms with Crippen LogP contribution in [-0.4, -0.2) is 47.4 Å². The Hall–Kier alpha value is -2.25. The Morgan fingerprint density at radius 3 is 2.07 bits per heavy atom. The van der Waals surface area contributed by atoms with Crippen LogP contribution in [0.15, 0.2) is 24.3 Å². The average Bonchev–Trinajstić information content (AvgIpc) is 3.00. The number of benzene rings is 1. The first-order chi connectivity index (χ1) is 13.5.